The lowest BCUT2D eigenvalue weighted by Crippen LogP contribution is -2.36. The van der Waals surface area contributed by atoms with Gasteiger partial charge in [-0.15, -0.1) is 0 Å². The Balaban J connectivity index is 1.37. The second kappa shape index (κ2) is 7.52. The Kier molecular flexibility index (Phi) is 4.97. The molecule has 0 radical (unpaired) electrons. The molecule has 0 amide bonds. The average molecular weight is 340 g/mol. The summed E-state index contributed by atoms with van der Waals surface area (Å²) in [6.45, 7) is 7.57. The highest BCUT2D eigenvalue weighted by Crippen LogP contribution is 2.23. The first kappa shape index (κ1) is 16.5. The minimum atomic E-state index is 0.702. The summed E-state index contributed by atoms with van der Waals surface area (Å²) in [6.07, 6.45) is 10.0. The second-order valence-electron chi connectivity index (χ2n) is 7.52. The van der Waals surface area contributed by atoms with Crippen LogP contribution in [-0.4, -0.2) is 51.2 Å². The van der Waals surface area contributed by atoms with Crippen molar-refractivity contribution >= 4 is 5.95 Å². The highest BCUT2D eigenvalue weighted by Gasteiger charge is 2.22. The summed E-state index contributed by atoms with van der Waals surface area (Å²) in [4.78, 5) is 14.2. The molecular formula is C19H28N6. The van der Waals surface area contributed by atoms with Crippen molar-refractivity contribution in [1.82, 2.24) is 25.1 Å². The summed E-state index contributed by atoms with van der Waals surface area (Å²) < 4.78 is 0. The zero-order valence-corrected chi connectivity index (χ0v) is 15.1. The van der Waals surface area contributed by atoms with Crippen molar-refractivity contribution in [3.63, 3.8) is 0 Å². The average Bonchev–Trinajstić information content (AvgIpc) is 3.28. The summed E-state index contributed by atoms with van der Waals surface area (Å²) in [5, 5.41) is 7.32. The van der Waals surface area contributed by atoms with Gasteiger partial charge in [0.2, 0.25) is 5.95 Å². The molecule has 2 saturated heterocycles. The molecular weight excluding hydrogens is 312 g/mol. The Morgan fingerprint density at radius 1 is 1.20 bits per heavy atom. The van der Waals surface area contributed by atoms with Gasteiger partial charge in [0.1, 0.15) is 0 Å². The van der Waals surface area contributed by atoms with Gasteiger partial charge >= 0.3 is 0 Å². The molecule has 134 valence electrons. The summed E-state index contributed by atoms with van der Waals surface area (Å²) in [7, 11) is 0. The number of nitrogens with zero attached hydrogens (tertiary/aromatic N) is 5. The van der Waals surface area contributed by atoms with Crippen LogP contribution < -0.4 is 4.90 Å². The largest absolute Gasteiger partial charge is 0.341 e. The van der Waals surface area contributed by atoms with Gasteiger partial charge in [-0.25, -0.2) is 9.97 Å². The molecule has 1 N–H and O–H groups in total. The molecule has 0 aromatic carbocycles. The Hall–Kier alpha value is -1.95. The number of rotatable bonds is 5. The van der Waals surface area contributed by atoms with Crippen molar-refractivity contribution in [2.75, 3.05) is 31.1 Å². The molecule has 0 spiro atoms. The van der Waals surface area contributed by atoms with Gasteiger partial charge in [-0.2, -0.15) is 5.10 Å². The van der Waals surface area contributed by atoms with E-state index in [1.54, 1.807) is 0 Å². The molecule has 0 bridgehead atoms. The van der Waals surface area contributed by atoms with E-state index in [0.717, 1.165) is 44.2 Å². The molecule has 1 atom stereocenters. The van der Waals surface area contributed by atoms with Crippen LogP contribution in [0, 0.1) is 12.8 Å². The lowest BCUT2D eigenvalue weighted by molar-refractivity contribution is 0.164. The monoisotopic (exact) mass is 340 g/mol. The number of aromatic nitrogens is 4. The van der Waals surface area contributed by atoms with E-state index in [1.807, 2.05) is 12.4 Å². The molecule has 2 fully saturated rings. The number of aromatic amines is 1. The summed E-state index contributed by atoms with van der Waals surface area (Å²) in [6, 6.07) is 2.07. The van der Waals surface area contributed by atoms with E-state index in [9.17, 15) is 0 Å². The lowest BCUT2D eigenvalue weighted by Gasteiger charge is -2.32. The van der Waals surface area contributed by atoms with Crippen LogP contribution in [0.2, 0.25) is 0 Å². The molecule has 4 rings (SSSR count). The maximum Gasteiger partial charge on any atom is 0.225 e. The van der Waals surface area contributed by atoms with Crippen molar-refractivity contribution in [1.29, 1.82) is 0 Å². The van der Waals surface area contributed by atoms with Crippen molar-refractivity contribution in [3.05, 3.63) is 35.4 Å². The van der Waals surface area contributed by atoms with Crippen molar-refractivity contribution in [2.45, 2.75) is 45.6 Å². The van der Waals surface area contributed by atoms with Crippen molar-refractivity contribution in [2.24, 2.45) is 5.92 Å². The molecule has 4 heterocycles. The van der Waals surface area contributed by atoms with Crippen molar-refractivity contribution in [3.8, 4) is 0 Å². The van der Waals surface area contributed by atoms with Gasteiger partial charge in [0, 0.05) is 38.1 Å². The van der Waals surface area contributed by atoms with E-state index in [-0.39, 0.29) is 0 Å². The van der Waals surface area contributed by atoms with Crippen LogP contribution in [0.1, 0.15) is 42.6 Å². The van der Waals surface area contributed by atoms with Gasteiger partial charge in [-0.1, -0.05) is 0 Å². The third-order valence-corrected chi connectivity index (χ3v) is 5.50. The molecule has 1 unspecified atom stereocenters. The first-order valence-corrected chi connectivity index (χ1v) is 9.56. The molecule has 2 aromatic heterocycles. The maximum absolute atomic E-state index is 4.82. The molecule has 0 saturated carbocycles. The van der Waals surface area contributed by atoms with E-state index < -0.39 is 0 Å². The fourth-order valence-corrected chi connectivity index (χ4v) is 4.10. The highest BCUT2D eigenvalue weighted by molar-refractivity contribution is 5.31. The quantitative estimate of drug-likeness (QED) is 0.906. The number of nitrogens with one attached hydrogen (secondary N) is 1. The van der Waals surface area contributed by atoms with Gasteiger partial charge < -0.3 is 4.90 Å². The van der Waals surface area contributed by atoms with E-state index in [2.05, 4.69) is 38.0 Å². The summed E-state index contributed by atoms with van der Waals surface area (Å²) >= 11 is 0. The van der Waals surface area contributed by atoms with Crippen LogP contribution >= 0.6 is 0 Å². The number of hydrogen-bond acceptors (Lipinski definition) is 5. The summed E-state index contributed by atoms with van der Waals surface area (Å²) in [5.41, 5.74) is 3.73. The molecule has 6 heteroatoms. The number of piperidine rings is 1. The SMILES string of the molecule is Cc1cn[nH]c1CC1CCCN(Cc2ccnc(N3CCCC3)n2)C1. The van der Waals surface area contributed by atoms with Gasteiger partial charge in [0.05, 0.1) is 11.9 Å². The fraction of sp³-hybridized carbons (Fsp3) is 0.632. The van der Waals surface area contributed by atoms with E-state index in [4.69, 9.17) is 4.98 Å². The van der Waals surface area contributed by atoms with Crippen LogP contribution in [-0.2, 0) is 13.0 Å². The van der Waals surface area contributed by atoms with Gasteiger partial charge in [0.25, 0.3) is 0 Å². The van der Waals surface area contributed by atoms with Crippen LogP contribution in [0.4, 0.5) is 5.95 Å². The smallest absolute Gasteiger partial charge is 0.225 e. The lowest BCUT2D eigenvalue weighted by atomic mass is 9.92. The van der Waals surface area contributed by atoms with Gasteiger partial charge in [-0.3, -0.25) is 10.00 Å². The van der Waals surface area contributed by atoms with E-state index >= 15 is 0 Å². The number of aryl methyl sites for hydroxylation is 1. The minimum absolute atomic E-state index is 0.702. The molecule has 2 aliphatic heterocycles. The van der Waals surface area contributed by atoms with Crippen LogP contribution in [0.15, 0.2) is 18.5 Å². The predicted molar refractivity (Wildman–Crippen MR) is 98.5 cm³/mol. The van der Waals surface area contributed by atoms with Gasteiger partial charge in [0.15, 0.2) is 0 Å². The molecule has 25 heavy (non-hydrogen) atoms. The zero-order valence-electron chi connectivity index (χ0n) is 15.1. The Bertz CT molecular complexity index is 691. The van der Waals surface area contributed by atoms with E-state index in [0.29, 0.717) is 5.92 Å². The van der Waals surface area contributed by atoms with Crippen LogP contribution in [0.3, 0.4) is 0 Å². The highest BCUT2D eigenvalue weighted by atomic mass is 15.3. The summed E-state index contributed by atoms with van der Waals surface area (Å²) in [5.74, 6) is 1.62. The normalized spacial score (nSPS) is 21.8. The predicted octanol–water partition coefficient (Wildman–Crippen LogP) is 2.56. The first-order valence-electron chi connectivity index (χ1n) is 9.56. The van der Waals surface area contributed by atoms with E-state index in [1.165, 1.54) is 43.5 Å². The second-order valence-corrected chi connectivity index (χ2v) is 7.52. The molecule has 6 nitrogen and oxygen atoms in total. The fourth-order valence-electron chi connectivity index (χ4n) is 4.10. The molecule has 2 aromatic rings. The topological polar surface area (TPSA) is 60.9 Å². The third-order valence-electron chi connectivity index (χ3n) is 5.50. The van der Waals surface area contributed by atoms with Crippen LogP contribution in [0.25, 0.3) is 0 Å². The minimum Gasteiger partial charge on any atom is -0.341 e. The number of H-pyrrole nitrogens is 1. The zero-order chi connectivity index (χ0) is 17.1. The number of likely N-dealkylation sites (tertiary alicyclic amines) is 1. The van der Waals surface area contributed by atoms with Crippen LogP contribution in [0.5, 0.6) is 0 Å². The Morgan fingerprint density at radius 2 is 2.08 bits per heavy atom. The van der Waals surface area contributed by atoms with Crippen molar-refractivity contribution < 1.29 is 0 Å². The Labute approximate surface area is 149 Å². The maximum atomic E-state index is 4.82. The van der Waals surface area contributed by atoms with Gasteiger partial charge in [-0.05, 0) is 63.1 Å². The Morgan fingerprint density at radius 3 is 2.88 bits per heavy atom. The molecule has 2 aliphatic rings. The number of hydrogen-bond donors (Lipinski definition) is 1. The first-order chi connectivity index (χ1) is 12.3. The third kappa shape index (κ3) is 4.00. The standard InChI is InChI=1S/C19H28N6/c1-15-12-21-23-18(15)11-16-5-4-8-24(13-16)14-17-6-7-20-19(22-17)25-9-2-3-10-25/h6-7,12,16H,2-5,8-11,13-14H2,1H3,(H,21,23). The number of anilines is 1. The molecule has 0 aliphatic carbocycles.